The third-order valence-corrected chi connectivity index (χ3v) is 3.75. The topological polar surface area (TPSA) is 3.24 Å². The van der Waals surface area contributed by atoms with Gasteiger partial charge in [-0.3, -0.25) is 0 Å². The molecule has 1 aliphatic rings. The van der Waals surface area contributed by atoms with Gasteiger partial charge in [0.15, 0.2) is 0 Å². The quantitative estimate of drug-likeness (QED) is 0.764. The molecule has 0 atom stereocenters. The summed E-state index contributed by atoms with van der Waals surface area (Å²) in [7, 11) is 0. The van der Waals surface area contributed by atoms with E-state index < -0.39 is 0 Å². The van der Waals surface area contributed by atoms with Crippen molar-refractivity contribution in [3.63, 3.8) is 0 Å². The second kappa shape index (κ2) is 5.43. The van der Waals surface area contributed by atoms with Gasteiger partial charge in [-0.25, -0.2) is 4.39 Å². The normalized spacial score (nSPS) is 15.5. The molecule has 0 bridgehead atoms. The molecule has 0 unspecified atom stereocenters. The number of piperidine rings is 1. The van der Waals surface area contributed by atoms with E-state index in [-0.39, 0.29) is 5.82 Å². The molecule has 0 amide bonds. The largest absolute Gasteiger partial charge is 0.372 e. The first-order chi connectivity index (χ1) is 9.33. The summed E-state index contributed by atoms with van der Waals surface area (Å²) in [5.74, 6) is -0.183. The predicted octanol–water partition coefficient (Wildman–Crippen LogP) is 4.48. The van der Waals surface area contributed by atoms with E-state index in [1.807, 2.05) is 6.07 Å². The van der Waals surface area contributed by atoms with Gasteiger partial charge in [-0.05, 0) is 54.7 Å². The van der Waals surface area contributed by atoms with Crippen LogP contribution in [0, 0.1) is 5.82 Å². The molecule has 1 aliphatic heterocycles. The van der Waals surface area contributed by atoms with Crippen LogP contribution in [0.15, 0.2) is 48.5 Å². The zero-order chi connectivity index (χ0) is 13.1. The molecule has 0 saturated carbocycles. The Bertz CT molecular complexity index is 541. The number of halogens is 1. The first-order valence-corrected chi connectivity index (χ1v) is 6.94. The maximum Gasteiger partial charge on any atom is 0.123 e. The Morgan fingerprint density at radius 3 is 2.21 bits per heavy atom. The summed E-state index contributed by atoms with van der Waals surface area (Å²) < 4.78 is 13.2. The van der Waals surface area contributed by atoms with E-state index in [1.54, 1.807) is 12.1 Å². The van der Waals surface area contributed by atoms with Crippen LogP contribution < -0.4 is 4.90 Å². The minimum absolute atomic E-state index is 0.183. The minimum atomic E-state index is -0.183. The lowest BCUT2D eigenvalue weighted by Crippen LogP contribution is -2.29. The number of rotatable bonds is 2. The van der Waals surface area contributed by atoms with Crippen LogP contribution >= 0.6 is 0 Å². The summed E-state index contributed by atoms with van der Waals surface area (Å²) in [6.07, 6.45) is 3.91. The molecule has 1 heterocycles. The summed E-state index contributed by atoms with van der Waals surface area (Å²) in [6.45, 7) is 2.30. The Labute approximate surface area is 113 Å². The smallest absolute Gasteiger partial charge is 0.123 e. The van der Waals surface area contributed by atoms with E-state index in [1.165, 1.54) is 31.0 Å². The van der Waals surface area contributed by atoms with E-state index in [9.17, 15) is 4.39 Å². The second-order valence-electron chi connectivity index (χ2n) is 5.10. The summed E-state index contributed by atoms with van der Waals surface area (Å²) in [5.41, 5.74) is 3.28. The molecule has 1 saturated heterocycles. The van der Waals surface area contributed by atoms with Gasteiger partial charge in [0.25, 0.3) is 0 Å². The van der Waals surface area contributed by atoms with Crippen LogP contribution in [0.2, 0.25) is 0 Å². The van der Waals surface area contributed by atoms with Crippen LogP contribution in [0.25, 0.3) is 11.1 Å². The molecular weight excluding hydrogens is 237 g/mol. The molecule has 2 aromatic rings. The highest BCUT2D eigenvalue weighted by Crippen LogP contribution is 2.25. The third kappa shape index (κ3) is 2.78. The van der Waals surface area contributed by atoms with Crippen LogP contribution in [0.4, 0.5) is 10.1 Å². The minimum Gasteiger partial charge on any atom is -0.372 e. The average Bonchev–Trinajstić information content (AvgIpc) is 2.48. The fraction of sp³-hybridized carbons (Fsp3) is 0.294. The Morgan fingerprint density at radius 2 is 1.53 bits per heavy atom. The fourth-order valence-electron chi connectivity index (χ4n) is 2.68. The highest BCUT2D eigenvalue weighted by atomic mass is 19.1. The fourth-order valence-corrected chi connectivity index (χ4v) is 2.68. The summed E-state index contributed by atoms with van der Waals surface area (Å²) in [4.78, 5) is 2.43. The molecule has 19 heavy (non-hydrogen) atoms. The summed E-state index contributed by atoms with van der Waals surface area (Å²) in [6, 6.07) is 15.2. The highest BCUT2D eigenvalue weighted by Gasteiger charge is 2.10. The van der Waals surface area contributed by atoms with Gasteiger partial charge in [-0.15, -0.1) is 0 Å². The van der Waals surface area contributed by atoms with Crippen molar-refractivity contribution in [1.29, 1.82) is 0 Å². The second-order valence-corrected chi connectivity index (χ2v) is 5.10. The third-order valence-electron chi connectivity index (χ3n) is 3.75. The summed E-state index contributed by atoms with van der Waals surface area (Å²) >= 11 is 0. The lowest BCUT2D eigenvalue weighted by molar-refractivity contribution is 0.578. The van der Waals surface area contributed by atoms with E-state index in [2.05, 4.69) is 29.2 Å². The van der Waals surface area contributed by atoms with E-state index in [4.69, 9.17) is 0 Å². The standard InChI is InChI=1S/C17H18FN/c18-16-6-4-5-15(13-16)14-7-9-17(10-8-14)19-11-2-1-3-12-19/h4-10,13H,1-3,11-12H2. The van der Waals surface area contributed by atoms with Gasteiger partial charge in [0.1, 0.15) is 5.82 Å². The lowest BCUT2D eigenvalue weighted by Gasteiger charge is -2.28. The maximum absolute atomic E-state index is 13.2. The summed E-state index contributed by atoms with van der Waals surface area (Å²) in [5, 5.41) is 0. The van der Waals surface area contributed by atoms with Crippen molar-refractivity contribution >= 4 is 5.69 Å². The molecule has 2 heteroatoms. The maximum atomic E-state index is 13.2. The number of hydrogen-bond donors (Lipinski definition) is 0. The van der Waals surface area contributed by atoms with Crippen molar-refractivity contribution in [1.82, 2.24) is 0 Å². The van der Waals surface area contributed by atoms with E-state index in [0.717, 1.165) is 24.2 Å². The molecule has 0 N–H and O–H groups in total. The van der Waals surface area contributed by atoms with E-state index in [0.29, 0.717) is 0 Å². The molecular formula is C17H18FN. The molecule has 0 aliphatic carbocycles. The van der Waals surface area contributed by atoms with Gasteiger partial charge in [-0.2, -0.15) is 0 Å². The Morgan fingerprint density at radius 1 is 0.789 bits per heavy atom. The molecule has 0 aromatic heterocycles. The van der Waals surface area contributed by atoms with Crippen LogP contribution in [-0.2, 0) is 0 Å². The number of anilines is 1. The van der Waals surface area contributed by atoms with Crippen molar-refractivity contribution in [2.45, 2.75) is 19.3 Å². The van der Waals surface area contributed by atoms with Crippen LogP contribution in [-0.4, -0.2) is 13.1 Å². The Balaban J connectivity index is 1.82. The van der Waals surface area contributed by atoms with Gasteiger partial charge in [0.05, 0.1) is 0 Å². The van der Waals surface area contributed by atoms with Crippen molar-refractivity contribution in [2.24, 2.45) is 0 Å². The number of benzene rings is 2. The highest BCUT2D eigenvalue weighted by molar-refractivity contribution is 5.66. The predicted molar refractivity (Wildman–Crippen MR) is 77.9 cm³/mol. The molecule has 1 fully saturated rings. The van der Waals surface area contributed by atoms with Crippen molar-refractivity contribution in [3.8, 4) is 11.1 Å². The van der Waals surface area contributed by atoms with Gasteiger partial charge < -0.3 is 4.90 Å². The zero-order valence-electron chi connectivity index (χ0n) is 11.0. The molecule has 0 spiro atoms. The van der Waals surface area contributed by atoms with Crippen LogP contribution in [0.5, 0.6) is 0 Å². The monoisotopic (exact) mass is 255 g/mol. The zero-order valence-corrected chi connectivity index (χ0v) is 11.0. The molecule has 2 aromatic carbocycles. The first kappa shape index (κ1) is 12.2. The van der Waals surface area contributed by atoms with Gasteiger partial charge in [0, 0.05) is 18.8 Å². The van der Waals surface area contributed by atoms with Gasteiger partial charge in [-0.1, -0.05) is 24.3 Å². The molecule has 0 radical (unpaired) electrons. The van der Waals surface area contributed by atoms with E-state index >= 15 is 0 Å². The molecule has 3 rings (SSSR count). The first-order valence-electron chi connectivity index (χ1n) is 6.94. The number of nitrogens with zero attached hydrogens (tertiary/aromatic N) is 1. The molecule has 98 valence electrons. The SMILES string of the molecule is Fc1cccc(-c2ccc(N3CCCCC3)cc2)c1. The van der Waals surface area contributed by atoms with Crippen LogP contribution in [0.1, 0.15) is 19.3 Å². The van der Waals surface area contributed by atoms with Crippen molar-refractivity contribution < 1.29 is 4.39 Å². The average molecular weight is 255 g/mol. The van der Waals surface area contributed by atoms with Crippen LogP contribution in [0.3, 0.4) is 0 Å². The van der Waals surface area contributed by atoms with Crippen molar-refractivity contribution in [2.75, 3.05) is 18.0 Å². The van der Waals surface area contributed by atoms with Crippen molar-refractivity contribution in [3.05, 3.63) is 54.3 Å². The Hall–Kier alpha value is -1.83. The lowest BCUT2D eigenvalue weighted by atomic mass is 10.0. The Kier molecular flexibility index (Phi) is 3.49. The van der Waals surface area contributed by atoms with Gasteiger partial charge >= 0.3 is 0 Å². The van der Waals surface area contributed by atoms with Gasteiger partial charge in [0.2, 0.25) is 0 Å². The number of hydrogen-bond acceptors (Lipinski definition) is 1. The molecule has 1 nitrogen and oxygen atoms in total.